The van der Waals surface area contributed by atoms with Crippen molar-refractivity contribution in [3.8, 4) is 0 Å². The van der Waals surface area contributed by atoms with Gasteiger partial charge in [-0.05, 0) is 30.2 Å². The van der Waals surface area contributed by atoms with E-state index in [2.05, 4.69) is 4.72 Å². The van der Waals surface area contributed by atoms with Crippen LogP contribution in [0.4, 0.5) is 5.69 Å². The van der Waals surface area contributed by atoms with Gasteiger partial charge in [0.2, 0.25) is 10.0 Å². The number of alkyl halides is 1. The van der Waals surface area contributed by atoms with Gasteiger partial charge >= 0.3 is 0 Å². The van der Waals surface area contributed by atoms with E-state index in [1.165, 1.54) is 24.3 Å². The highest BCUT2D eigenvalue weighted by Gasteiger charge is 2.16. The average Bonchev–Trinajstić information content (AvgIpc) is 2.38. The van der Waals surface area contributed by atoms with Crippen molar-refractivity contribution in [1.29, 1.82) is 0 Å². The highest BCUT2D eigenvalue weighted by molar-refractivity contribution is 7.92. The van der Waals surface area contributed by atoms with Crippen molar-refractivity contribution >= 4 is 37.1 Å². The standard InChI is InChI=1S/C12H18ClNO4S2/c1-3-19(15,16)12-6-4-11(5-7-12)14-20(17,18)9-10(2)8-13/h4-7,10,14H,3,8-9H2,1-2H3. The van der Waals surface area contributed by atoms with Crippen molar-refractivity contribution in [3.63, 3.8) is 0 Å². The second-order valence-electron chi connectivity index (χ2n) is 4.57. The van der Waals surface area contributed by atoms with Gasteiger partial charge in [-0.3, -0.25) is 4.72 Å². The number of anilines is 1. The summed E-state index contributed by atoms with van der Waals surface area (Å²) in [5, 5.41) is 0. The van der Waals surface area contributed by atoms with Crippen LogP contribution in [0.15, 0.2) is 29.2 Å². The van der Waals surface area contributed by atoms with Crippen LogP contribution >= 0.6 is 11.6 Å². The summed E-state index contributed by atoms with van der Waals surface area (Å²) < 4.78 is 49.3. The van der Waals surface area contributed by atoms with Crippen molar-refractivity contribution in [2.45, 2.75) is 18.7 Å². The third-order valence-electron chi connectivity index (χ3n) is 2.63. The van der Waals surface area contributed by atoms with E-state index in [1.807, 2.05) is 0 Å². The van der Waals surface area contributed by atoms with E-state index in [-0.39, 0.29) is 28.2 Å². The van der Waals surface area contributed by atoms with Gasteiger partial charge in [-0.2, -0.15) is 0 Å². The number of sulfonamides is 1. The third kappa shape index (κ3) is 4.96. The molecule has 20 heavy (non-hydrogen) atoms. The van der Waals surface area contributed by atoms with Gasteiger partial charge in [0, 0.05) is 11.6 Å². The minimum absolute atomic E-state index is 0.00527. The Balaban J connectivity index is 2.86. The molecule has 114 valence electrons. The molecule has 0 aliphatic heterocycles. The molecule has 5 nitrogen and oxygen atoms in total. The Morgan fingerprint density at radius 2 is 1.70 bits per heavy atom. The Hall–Kier alpha value is -0.790. The van der Waals surface area contributed by atoms with Crippen molar-refractivity contribution < 1.29 is 16.8 Å². The predicted molar refractivity (Wildman–Crippen MR) is 81.5 cm³/mol. The molecule has 1 atom stereocenters. The predicted octanol–water partition coefficient (Wildman–Crippen LogP) is 2.10. The van der Waals surface area contributed by atoms with Gasteiger partial charge in [0.05, 0.1) is 16.4 Å². The maximum absolute atomic E-state index is 11.8. The monoisotopic (exact) mass is 339 g/mol. The van der Waals surface area contributed by atoms with Crippen molar-refractivity contribution in [1.82, 2.24) is 0 Å². The number of hydrogen-bond acceptors (Lipinski definition) is 4. The van der Waals surface area contributed by atoms with E-state index in [0.717, 1.165) is 0 Å². The Labute approximate surface area is 125 Å². The van der Waals surface area contributed by atoms with Crippen molar-refractivity contribution in [2.24, 2.45) is 5.92 Å². The molecule has 8 heteroatoms. The molecule has 0 aliphatic rings. The number of rotatable bonds is 7. The fourth-order valence-electron chi connectivity index (χ4n) is 1.54. The smallest absolute Gasteiger partial charge is 0.233 e. The van der Waals surface area contributed by atoms with Gasteiger partial charge in [-0.15, -0.1) is 11.6 Å². The molecular weight excluding hydrogens is 322 g/mol. The van der Waals surface area contributed by atoms with Crippen LogP contribution in [0, 0.1) is 5.92 Å². The van der Waals surface area contributed by atoms with Gasteiger partial charge in [0.1, 0.15) is 0 Å². The first-order valence-electron chi connectivity index (χ1n) is 6.09. The number of sulfone groups is 1. The summed E-state index contributed by atoms with van der Waals surface area (Å²) in [5.41, 5.74) is 0.335. The minimum Gasteiger partial charge on any atom is -0.284 e. The molecule has 0 saturated carbocycles. The molecule has 0 spiro atoms. The SMILES string of the molecule is CCS(=O)(=O)c1ccc(NS(=O)(=O)CC(C)CCl)cc1. The zero-order valence-corrected chi connectivity index (χ0v) is 13.7. The van der Waals surface area contributed by atoms with Gasteiger partial charge in [0.15, 0.2) is 9.84 Å². The van der Waals surface area contributed by atoms with Crippen LogP contribution in [-0.2, 0) is 19.9 Å². The molecule has 1 rings (SSSR count). The van der Waals surface area contributed by atoms with Crippen LogP contribution in [-0.4, -0.2) is 34.2 Å². The van der Waals surface area contributed by atoms with Crippen LogP contribution in [0.2, 0.25) is 0 Å². The van der Waals surface area contributed by atoms with E-state index < -0.39 is 19.9 Å². The molecule has 1 N–H and O–H groups in total. The second-order valence-corrected chi connectivity index (χ2v) is 8.92. The number of nitrogens with one attached hydrogen (secondary N) is 1. The first kappa shape index (κ1) is 17.3. The highest BCUT2D eigenvalue weighted by Crippen LogP contribution is 2.17. The summed E-state index contributed by atoms with van der Waals surface area (Å²) in [7, 11) is -6.76. The second kappa shape index (κ2) is 6.78. The molecule has 0 aromatic heterocycles. The molecule has 0 heterocycles. The van der Waals surface area contributed by atoms with Crippen molar-refractivity contribution in [2.75, 3.05) is 22.1 Å². The maximum atomic E-state index is 11.8. The summed E-state index contributed by atoms with van der Waals surface area (Å²) in [6.07, 6.45) is 0. The lowest BCUT2D eigenvalue weighted by molar-refractivity contribution is 0.588. The zero-order valence-electron chi connectivity index (χ0n) is 11.3. The van der Waals surface area contributed by atoms with E-state index in [1.54, 1.807) is 13.8 Å². The molecular formula is C12H18ClNO4S2. The number of halogens is 1. The number of hydrogen-bond donors (Lipinski definition) is 1. The van der Waals surface area contributed by atoms with Crippen molar-refractivity contribution in [3.05, 3.63) is 24.3 Å². The molecule has 0 bridgehead atoms. The third-order valence-corrected chi connectivity index (χ3v) is 6.47. The van der Waals surface area contributed by atoms with Crippen LogP contribution in [0.25, 0.3) is 0 Å². The molecule has 0 amide bonds. The number of benzene rings is 1. The Kier molecular flexibility index (Phi) is 5.85. The average molecular weight is 340 g/mol. The van der Waals surface area contributed by atoms with Gasteiger partial charge in [-0.25, -0.2) is 16.8 Å². The normalized spacial score (nSPS) is 13.9. The quantitative estimate of drug-likeness (QED) is 0.771. The Morgan fingerprint density at radius 1 is 1.15 bits per heavy atom. The van der Waals surface area contributed by atoms with E-state index >= 15 is 0 Å². The van der Waals surface area contributed by atoms with E-state index in [0.29, 0.717) is 5.69 Å². The lowest BCUT2D eigenvalue weighted by atomic mass is 10.3. The molecule has 1 unspecified atom stereocenters. The summed E-state index contributed by atoms with van der Waals surface area (Å²) in [4.78, 5) is 0.178. The Morgan fingerprint density at radius 3 is 2.15 bits per heavy atom. The molecule has 0 saturated heterocycles. The summed E-state index contributed by atoms with van der Waals surface area (Å²) in [6, 6.07) is 5.65. The summed E-state index contributed by atoms with van der Waals surface area (Å²) in [5.74, 6) is 0.0275. The summed E-state index contributed by atoms with van der Waals surface area (Å²) >= 11 is 5.59. The van der Waals surface area contributed by atoms with Gasteiger partial charge < -0.3 is 0 Å². The van der Waals surface area contributed by atoms with E-state index in [4.69, 9.17) is 11.6 Å². The first-order valence-corrected chi connectivity index (χ1v) is 9.93. The fraction of sp³-hybridized carbons (Fsp3) is 0.500. The molecule has 1 aromatic carbocycles. The summed E-state index contributed by atoms with van der Waals surface area (Å²) in [6.45, 7) is 3.29. The van der Waals surface area contributed by atoms with Crippen LogP contribution < -0.4 is 4.72 Å². The topological polar surface area (TPSA) is 80.3 Å². The Bertz CT molecular complexity index is 639. The molecule has 0 aliphatic carbocycles. The zero-order chi connectivity index (χ0) is 15.4. The minimum atomic E-state index is -3.48. The molecule has 0 fully saturated rings. The lowest BCUT2D eigenvalue weighted by Gasteiger charge is -2.11. The van der Waals surface area contributed by atoms with Crippen LogP contribution in [0.3, 0.4) is 0 Å². The van der Waals surface area contributed by atoms with Gasteiger partial charge in [-0.1, -0.05) is 13.8 Å². The first-order chi connectivity index (χ1) is 9.20. The van der Waals surface area contributed by atoms with Gasteiger partial charge in [0.25, 0.3) is 0 Å². The van der Waals surface area contributed by atoms with Crippen LogP contribution in [0.1, 0.15) is 13.8 Å². The van der Waals surface area contributed by atoms with E-state index in [9.17, 15) is 16.8 Å². The molecule has 1 aromatic rings. The lowest BCUT2D eigenvalue weighted by Crippen LogP contribution is -2.22. The fourth-order valence-corrected chi connectivity index (χ4v) is 4.11. The van der Waals surface area contributed by atoms with Crippen LogP contribution in [0.5, 0.6) is 0 Å². The largest absolute Gasteiger partial charge is 0.284 e. The molecule has 0 radical (unpaired) electrons. The maximum Gasteiger partial charge on any atom is 0.233 e. The highest BCUT2D eigenvalue weighted by atomic mass is 35.5.